The summed E-state index contributed by atoms with van der Waals surface area (Å²) in [7, 11) is 2.05. The summed E-state index contributed by atoms with van der Waals surface area (Å²) in [4.78, 5) is 2.19. The van der Waals surface area contributed by atoms with Gasteiger partial charge in [0, 0.05) is 35.3 Å². The Balaban J connectivity index is 1.70. The first-order chi connectivity index (χ1) is 11.8. The Bertz CT molecular complexity index is 826. The number of aromatic amines is 2. The van der Waals surface area contributed by atoms with Crippen LogP contribution in [-0.4, -0.2) is 32.3 Å². The number of hydrogen-bond donors (Lipinski definition) is 2. The number of benzene rings is 1. The lowest BCUT2D eigenvalue weighted by molar-refractivity contribution is 0.315. The van der Waals surface area contributed by atoms with Crippen molar-refractivity contribution in [3.05, 3.63) is 59.3 Å². The number of aromatic nitrogens is 4. The molecule has 6 heteroatoms. The third kappa shape index (κ3) is 4.14. The molecule has 0 fully saturated rings. The summed E-state index contributed by atoms with van der Waals surface area (Å²) in [5, 5.41) is 14.7. The second-order valence-electron chi connectivity index (χ2n) is 7.48. The van der Waals surface area contributed by atoms with Gasteiger partial charge in [0.15, 0.2) is 0 Å². The number of H-pyrrole nitrogens is 2. The van der Waals surface area contributed by atoms with Crippen molar-refractivity contribution in [2.75, 3.05) is 7.05 Å². The van der Waals surface area contributed by atoms with Gasteiger partial charge in [-0.2, -0.15) is 10.2 Å². The molecule has 0 saturated heterocycles. The fourth-order valence-electron chi connectivity index (χ4n) is 2.76. The summed E-state index contributed by atoms with van der Waals surface area (Å²) in [6.45, 7) is 7.94. The van der Waals surface area contributed by atoms with E-state index in [4.69, 9.17) is 0 Å². The van der Waals surface area contributed by atoms with E-state index >= 15 is 0 Å². The Morgan fingerprint density at radius 2 is 1.80 bits per heavy atom. The average molecular weight is 341 g/mol. The van der Waals surface area contributed by atoms with Crippen LogP contribution in [0, 0.1) is 5.82 Å². The van der Waals surface area contributed by atoms with Crippen molar-refractivity contribution in [1.82, 2.24) is 25.3 Å². The first-order valence-corrected chi connectivity index (χ1v) is 8.34. The molecule has 0 amide bonds. The van der Waals surface area contributed by atoms with Gasteiger partial charge in [-0.05, 0) is 37.4 Å². The van der Waals surface area contributed by atoms with Gasteiger partial charge in [-0.3, -0.25) is 15.1 Å². The van der Waals surface area contributed by atoms with E-state index in [1.165, 1.54) is 12.1 Å². The van der Waals surface area contributed by atoms with Gasteiger partial charge in [-0.25, -0.2) is 4.39 Å². The molecule has 2 aromatic heterocycles. The van der Waals surface area contributed by atoms with Gasteiger partial charge in [0.25, 0.3) is 0 Å². The first-order valence-electron chi connectivity index (χ1n) is 8.34. The highest BCUT2D eigenvalue weighted by Gasteiger charge is 2.18. The Morgan fingerprint density at radius 3 is 2.44 bits per heavy atom. The van der Waals surface area contributed by atoms with Crippen LogP contribution in [0.2, 0.25) is 0 Å². The molecule has 25 heavy (non-hydrogen) atoms. The molecule has 0 saturated carbocycles. The number of rotatable bonds is 5. The van der Waals surface area contributed by atoms with E-state index < -0.39 is 0 Å². The predicted octanol–water partition coefficient (Wildman–Crippen LogP) is 3.87. The lowest BCUT2D eigenvalue weighted by Crippen LogP contribution is -2.17. The van der Waals surface area contributed by atoms with Crippen LogP contribution in [0.3, 0.4) is 0 Å². The van der Waals surface area contributed by atoms with Crippen molar-refractivity contribution in [1.29, 1.82) is 0 Å². The van der Waals surface area contributed by atoms with Gasteiger partial charge < -0.3 is 0 Å². The van der Waals surface area contributed by atoms with Crippen molar-refractivity contribution in [2.24, 2.45) is 0 Å². The van der Waals surface area contributed by atoms with E-state index in [9.17, 15) is 4.39 Å². The number of nitrogens with one attached hydrogen (secondary N) is 2. The van der Waals surface area contributed by atoms with Gasteiger partial charge in [-0.1, -0.05) is 20.8 Å². The fraction of sp³-hybridized carbons (Fsp3) is 0.368. The van der Waals surface area contributed by atoms with Crippen LogP contribution in [-0.2, 0) is 18.5 Å². The van der Waals surface area contributed by atoms with Crippen molar-refractivity contribution in [2.45, 2.75) is 39.3 Å². The van der Waals surface area contributed by atoms with Crippen molar-refractivity contribution < 1.29 is 4.39 Å². The third-order valence-corrected chi connectivity index (χ3v) is 4.13. The highest BCUT2D eigenvalue weighted by atomic mass is 19.1. The van der Waals surface area contributed by atoms with Gasteiger partial charge >= 0.3 is 0 Å². The Hall–Kier alpha value is -2.47. The molecular weight excluding hydrogens is 317 g/mol. The average Bonchev–Trinajstić information content (AvgIpc) is 3.17. The minimum absolute atomic E-state index is 0.0353. The molecule has 1 aromatic carbocycles. The number of halogens is 1. The maximum absolute atomic E-state index is 13.1. The van der Waals surface area contributed by atoms with E-state index in [2.05, 4.69) is 59.2 Å². The molecule has 0 spiro atoms. The normalized spacial score (nSPS) is 12.1. The van der Waals surface area contributed by atoms with E-state index in [0.29, 0.717) is 0 Å². The molecule has 2 N–H and O–H groups in total. The highest BCUT2D eigenvalue weighted by molar-refractivity contribution is 5.62. The van der Waals surface area contributed by atoms with Crippen molar-refractivity contribution in [3.8, 4) is 11.3 Å². The van der Waals surface area contributed by atoms with Crippen molar-refractivity contribution >= 4 is 0 Å². The topological polar surface area (TPSA) is 60.6 Å². The molecule has 5 nitrogen and oxygen atoms in total. The molecule has 3 aromatic rings. The maximum Gasteiger partial charge on any atom is 0.123 e. The van der Waals surface area contributed by atoms with Crippen LogP contribution < -0.4 is 0 Å². The summed E-state index contributed by atoms with van der Waals surface area (Å²) < 4.78 is 13.1. The summed E-state index contributed by atoms with van der Waals surface area (Å²) in [5.41, 5.74) is 5.11. The van der Waals surface area contributed by atoms with E-state index in [-0.39, 0.29) is 11.2 Å². The lowest BCUT2D eigenvalue weighted by Gasteiger charge is -2.16. The predicted molar refractivity (Wildman–Crippen MR) is 96.4 cm³/mol. The molecule has 0 bridgehead atoms. The van der Waals surface area contributed by atoms with E-state index in [0.717, 1.165) is 41.3 Å². The first kappa shape index (κ1) is 17.4. The molecule has 0 radical (unpaired) electrons. The summed E-state index contributed by atoms with van der Waals surface area (Å²) >= 11 is 0. The van der Waals surface area contributed by atoms with Crippen LogP contribution in [0.1, 0.15) is 37.7 Å². The number of hydrogen-bond acceptors (Lipinski definition) is 3. The fourth-order valence-corrected chi connectivity index (χ4v) is 2.76. The second-order valence-corrected chi connectivity index (χ2v) is 7.48. The van der Waals surface area contributed by atoms with Crippen LogP contribution in [0.4, 0.5) is 4.39 Å². The second kappa shape index (κ2) is 6.80. The van der Waals surface area contributed by atoms with Crippen LogP contribution >= 0.6 is 0 Å². The zero-order valence-corrected chi connectivity index (χ0v) is 15.1. The summed E-state index contributed by atoms with van der Waals surface area (Å²) in [6.07, 6.45) is 1.82. The quantitative estimate of drug-likeness (QED) is 0.740. The smallest absolute Gasteiger partial charge is 0.123 e. The summed E-state index contributed by atoms with van der Waals surface area (Å²) in [6, 6.07) is 8.56. The third-order valence-electron chi connectivity index (χ3n) is 4.13. The van der Waals surface area contributed by atoms with Gasteiger partial charge in [0.1, 0.15) is 5.82 Å². The van der Waals surface area contributed by atoms with Crippen LogP contribution in [0.25, 0.3) is 11.3 Å². The zero-order valence-electron chi connectivity index (χ0n) is 15.1. The molecule has 132 valence electrons. The monoisotopic (exact) mass is 341 g/mol. The minimum Gasteiger partial charge on any atom is -0.296 e. The Morgan fingerprint density at radius 1 is 1.08 bits per heavy atom. The largest absolute Gasteiger partial charge is 0.296 e. The molecule has 3 rings (SSSR count). The molecule has 2 heterocycles. The van der Waals surface area contributed by atoms with E-state index in [1.54, 1.807) is 12.1 Å². The number of nitrogens with zero attached hydrogens (tertiary/aromatic N) is 3. The maximum atomic E-state index is 13.1. The van der Waals surface area contributed by atoms with Crippen LogP contribution in [0.5, 0.6) is 0 Å². The van der Waals surface area contributed by atoms with E-state index in [1.807, 2.05) is 6.20 Å². The lowest BCUT2D eigenvalue weighted by atomic mass is 9.92. The molecule has 0 unspecified atom stereocenters. The Kier molecular flexibility index (Phi) is 4.72. The molecule has 0 aliphatic carbocycles. The Labute approximate surface area is 147 Å². The van der Waals surface area contributed by atoms with Crippen molar-refractivity contribution in [3.63, 3.8) is 0 Å². The van der Waals surface area contributed by atoms with Gasteiger partial charge in [0.2, 0.25) is 0 Å². The van der Waals surface area contributed by atoms with Gasteiger partial charge in [-0.15, -0.1) is 0 Å². The zero-order chi connectivity index (χ0) is 18.0. The molecular formula is C19H24FN5. The molecule has 0 aliphatic rings. The highest BCUT2D eigenvalue weighted by Crippen LogP contribution is 2.23. The standard InChI is InChI=1S/C19H24FN5/c1-19(2,3)17-9-16(22-23-17)12-25(4)11-14-10-21-24-18(14)13-5-7-15(20)8-6-13/h5-10H,11-12H2,1-4H3,(H,21,24)(H,22,23). The summed E-state index contributed by atoms with van der Waals surface area (Å²) in [5.74, 6) is -0.240. The minimum atomic E-state index is -0.240. The molecule has 0 atom stereocenters. The molecule has 0 aliphatic heterocycles. The van der Waals surface area contributed by atoms with Crippen LogP contribution in [0.15, 0.2) is 36.5 Å². The SMILES string of the molecule is CN(Cc1cc(C(C)(C)C)n[nH]1)Cc1cn[nH]c1-c1ccc(F)cc1. The van der Waals surface area contributed by atoms with Gasteiger partial charge in [0.05, 0.1) is 17.6 Å².